The van der Waals surface area contributed by atoms with Crippen molar-refractivity contribution in [2.45, 2.75) is 25.4 Å². The minimum Gasteiger partial charge on any atom is -0.457 e. The third-order valence-corrected chi connectivity index (χ3v) is 6.34. The minimum atomic E-state index is -0.407. The topological polar surface area (TPSA) is 87.9 Å². The van der Waals surface area contributed by atoms with Crippen LogP contribution in [0.15, 0.2) is 78.9 Å². The third kappa shape index (κ3) is 7.15. The molecule has 7 heteroatoms. The van der Waals surface area contributed by atoms with Crippen LogP contribution in [0.2, 0.25) is 0 Å². The van der Waals surface area contributed by atoms with E-state index in [1.54, 1.807) is 12.1 Å². The van der Waals surface area contributed by atoms with Gasteiger partial charge in [0.05, 0.1) is 6.54 Å². The van der Waals surface area contributed by atoms with Crippen LogP contribution in [0.1, 0.15) is 28.8 Å². The number of carbonyl (C=O) groups is 2. The van der Waals surface area contributed by atoms with Crippen LogP contribution in [0.25, 0.3) is 0 Å². The van der Waals surface area contributed by atoms with E-state index in [-0.39, 0.29) is 5.91 Å². The molecule has 0 aromatic heterocycles. The first-order valence-corrected chi connectivity index (χ1v) is 11.9. The second-order valence-electron chi connectivity index (χ2n) is 8.97. The molecule has 35 heavy (non-hydrogen) atoms. The number of amides is 2. The van der Waals surface area contributed by atoms with Crippen molar-refractivity contribution in [2.75, 3.05) is 32.0 Å². The molecular formula is C28H32N4O3. The number of rotatable bonds is 9. The lowest BCUT2D eigenvalue weighted by Gasteiger charge is -2.36. The van der Waals surface area contributed by atoms with Crippen LogP contribution in [-0.4, -0.2) is 54.3 Å². The Kier molecular flexibility index (Phi) is 8.13. The Balaban J connectivity index is 1.19. The second kappa shape index (κ2) is 11.6. The average molecular weight is 473 g/mol. The van der Waals surface area contributed by atoms with Gasteiger partial charge >= 0.3 is 0 Å². The van der Waals surface area contributed by atoms with Gasteiger partial charge in [0.2, 0.25) is 11.8 Å². The van der Waals surface area contributed by atoms with Crippen LogP contribution in [0, 0.1) is 0 Å². The summed E-state index contributed by atoms with van der Waals surface area (Å²) in [6.45, 7) is 2.96. The zero-order valence-electron chi connectivity index (χ0n) is 20.0. The van der Waals surface area contributed by atoms with Crippen LogP contribution in [-0.2, 0) is 11.3 Å². The minimum absolute atomic E-state index is 0.0110. The molecule has 0 saturated carbocycles. The number of likely N-dealkylation sites (tertiary alicyclic amines) is 1. The molecule has 0 radical (unpaired) electrons. The highest BCUT2D eigenvalue weighted by Crippen LogP contribution is 2.23. The molecule has 182 valence electrons. The van der Waals surface area contributed by atoms with Crippen molar-refractivity contribution in [3.05, 3.63) is 90.0 Å². The van der Waals surface area contributed by atoms with Crippen LogP contribution in [0.4, 0.5) is 5.69 Å². The summed E-state index contributed by atoms with van der Waals surface area (Å²) in [5, 5.41) is 2.98. The molecule has 3 aromatic carbocycles. The molecule has 0 bridgehead atoms. The Morgan fingerprint density at radius 3 is 2.20 bits per heavy atom. The third-order valence-electron chi connectivity index (χ3n) is 6.34. The van der Waals surface area contributed by atoms with Crippen molar-refractivity contribution in [3.63, 3.8) is 0 Å². The number of nitrogens with two attached hydrogens (primary N) is 1. The first-order valence-electron chi connectivity index (χ1n) is 11.9. The zero-order chi connectivity index (χ0) is 24.6. The molecule has 0 atom stereocenters. The van der Waals surface area contributed by atoms with Gasteiger partial charge in [-0.05, 0) is 74.0 Å². The first kappa shape index (κ1) is 24.4. The second-order valence-corrected chi connectivity index (χ2v) is 8.97. The molecule has 1 aliphatic rings. The van der Waals surface area contributed by atoms with E-state index in [0.717, 1.165) is 55.2 Å². The fraction of sp³-hybridized carbons (Fsp3) is 0.286. The molecule has 3 N–H and O–H groups in total. The number of primary amides is 1. The predicted octanol–water partition coefficient (Wildman–Crippen LogP) is 4.11. The van der Waals surface area contributed by atoms with E-state index >= 15 is 0 Å². The van der Waals surface area contributed by atoms with Gasteiger partial charge in [-0.3, -0.25) is 19.4 Å². The van der Waals surface area contributed by atoms with Gasteiger partial charge in [-0.2, -0.15) is 0 Å². The summed E-state index contributed by atoms with van der Waals surface area (Å²) in [6, 6.07) is 24.9. The number of benzene rings is 3. The van der Waals surface area contributed by atoms with E-state index in [1.165, 1.54) is 0 Å². The molecule has 3 aromatic rings. The van der Waals surface area contributed by atoms with E-state index in [2.05, 4.69) is 22.2 Å². The molecule has 1 fully saturated rings. The highest BCUT2D eigenvalue weighted by atomic mass is 16.5. The Bertz CT molecular complexity index is 1110. The molecular weight excluding hydrogens is 440 g/mol. The van der Waals surface area contributed by atoms with Crippen LogP contribution < -0.4 is 15.8 Å². The number of hydrogen-bond donors (Lipinski definition) is 2. The van der Waals surface area contributed by atoms with Crippen molar-refractivity contribution in [1.82, 2.24) is 9.80 Å². The van der Waals surface area contributed by atoms with Crippen LogP contribution >= 0.6 is 0 Å². The largest absolute Gasteiger partial charge is 0.457 e. The molecule has 1 saturated heterocycles. The summed E-state index contributed by atoms with van der Waals surface area (Å²) in [7, 11) is 2.13. The van der Waals surface area contributed by atoms with Crippen molar-refractivity contribution in [1.29, 1.82) is 0 Å². The fourth-order valence-corrected chi connectivity index (χ4v) is 4.34. The number of para-hydroxylation sites is 1. The normalized spacial score (nSPS) is 14.6. The summed E-state index contributed by atoms with van der Waals surface area (Å²) in [4.78, 5) is 28.3. The van der Waals surface area contributed by atoms with E-state index in [1.807, 2.05) is 66.7 Å². The van der Waals surface area contributed by atoms with Gasteiger partial charge in [-0.15, -0.1) is 0 Å². The van der Waals surface area contributed by atoms with Crippen LogP contribution in [0.5, 0.6) is 11.5 Å². The van der Waals surface area contributed by atoms with E-state index < -0.39 is 5.91 Å². The van der Waals surface area contributed by atoms with E-state index in [4.69, 9.17) is 10.5 Å². The lowest BCUT2D eigenvalue weighted by Crippen LogP contribution is -2.45. The summed E-state index contributed by atoms with van der Waals surface area (Å²) >= 11 is 0. The average Bonchev–Trinajstić information content (AvgIpc) is 2.86. The smallest absolute Gasteiger partial charge is 0.248 e. The van der Waals surface area contributed by atoms with Gasteiger partial charge in [0.1, 0.15) is 11.5 Å². The lowest BCUT2D eigenvalue weighted by atomic mass is 10.0. The van der Waals surface area contributed by atoms with E-state index in [9.17, 15) is 9.59 Å². The quantitative estimate of drug-likeness (QED) is 0.489. The number of ether oxygens (including phenoxy) is 1. The number of hydrogen-bond acceptors (Lipinski definition) is 5. The molecule has 0 unspecified atom stereocenters. The maximum absolute atomic E-state index is 12.6. The Labute approximate surface area is 206 Å². The van der Waals surface area contributed by atoms with Gasteiger partial charge in [0.15, 0.2) is 0 Å². The Morgan fingerprint density at radius 1 is 0.943 bits per heavy atom. The highest BCUT2D eigenvalue weighted by Gasteiger charge is 2.23. The monoisotopic (exact) mass is 472 g/mol. The maximum atomic E-state index is 12.6. The Morgan fingerprint density at radius 2 is 1.57 bits per heavy atom. The van der Waals surface area contributed by atoms with Gasteiger partial charge in [0, 0.05) is 36.9 Å². The molecule has 4 rings (SSSR count). The summed E-state index contributed by atoms with van der Waals surface area (Å²) in [5.74, 6) is 1.09. The highest BCUT2D eigenvalue weighted by molar-refractivity contribution is 5.93. The predicted molar refractivity (Wildman–Crippen MR) is 137 cm³/mol. The molecule has 0 aliphatic carbocycles. The Hall–Kier alpha value is -3.68. The number of carbonyl (C=O) groups excluding carboxylic acids is 2. The number of anilines is 1. The van der Waals surface area contributed by atoms with Gasteiger partial charge in [0.25, 0.3) is 0 Å². The van der Waals surface area contributed by atoms with Gasteiger partial charge < -0.3 is 15.8 Å². The lowest BCUT2D eigenvalue weighted by molar-refractivity contribution is -0.117. The fourth-order valence-electron chi connectivity index (χ4n) is 4.34. The zero-order valence-corrected chi connectivity index (χ0v) is 20.0. The molecule has 7 nitrogen and oxygen atoms in total. The maximum Gasteiger partial charge on any atom is 0.248 e. The van der Waals surface area contributed by atoms with Gasteiger partial charge in [-0.1, -0.05) is 30.3 Å². The summed E-state index contributed by atoms with van der Waals surface area (Å²) < 4.78 is 5.80. The molecule has 1 heterocycles. The molecule has 1 aliphatic heterocycles. The number of nitrogens with zero attached hydrogens (tertiary/aromatic N) is 2. The van der Waals surface area contributed by atoms with Crippen molar-refractivity contribution in [3.8, 4) is 11.5 Å². The number of piperidine rings is 1. The van der Waals surface area contributed by atoms with Crippen LogP contribution in [0.3, 0.4) is 0 Å². The first-order chi connectivity index (χ1) is 17.0. The number of nitrogens with one attached hydrogen (secondary N) is 1. The van der Waals surface area contributed by atoms with Crippen molar-refractivity contribution in [2.24, 2.45) is 5.73 Å². The van der Waals surface area contributed by atoms with Gasteiger partial charge in [-0.25, -0.2) is 0 Å². The van der Waals surface area contributed by atoms with E-state index in [0.29, 0.717) is 18.2 Å². The standard InChI is InChI=1S/C28H32N4O3/c1-31(19-21-7-9-22(10-8-21)28(29)34)24-15-17-32(18-16-24)20-27(33)30-23-11-13-26(14-12-23)35-25-5-3-2-4-6-25/h2-14,24H,15-20H2,1H3,(H2,29,34)(H,30,33). The molecule has 2 amide bonds. The summed E-state index contributed by atoms with van der Waals surface area (Å²) in [6.07, 6.45) is 2.02. The SMILES string of the molecule is CN(Cc1ccc(C(N)=O)cc1)C1CCN(CC(=O)Nc2ccc(Oc3ccccc3)cc2)CC1. The molecule has 0 spiro atoms. The van der Waals surface area contributed by atoms with Crippen molar-refractivity contribution >= 4 is 17.5 Å². The summed E-state index contributed by atoms with van der Waals surface area (Å²) in [5.41, 5.74) is 7.75. The van der Waals surface area contributed by atoms with Crippen molar-refractivity contribution < 1.29 is 14.3 Å².